The van der Waals surface area contributed by atoms with E-state index in [2.05, 4.69) is 6.58 Å². The third kappa shape index (κ3) is 4.87. The van der Waals surface area contributed by atoms with Crippen molar-refractivity contribution < 1.29 is 33.3 Å². The first-order valence-corrected chi connectivity index (χ1v) is 14.8. The number of methoxy groups -OCH3 is 1. The van der Waals surface area contributed by atoms with E-state index in [0.717, 1.165) is 21.3 Å². The Morgan fingerprint density at radius 2 is 1.93 bits per heavy atom. The summed E-state index contributed by atoms with van der Waals surface area (Å²) in [5.74, 6) is -0.756. The highest BCUT2D eigenvalue weighted by Crippen LogP contribution is 2.46. The van der Waals surface area contributed by atoms with Gasteiger partial charge in [-0.25, -0.2) is 4.98 Å². The Kier molecular flexibility index (Phi) is 7.60. The second-order valence-electron chi connectivity index (χ2n) is 10.3. The number of rotatable bonds is 10. The molecule has 1 N–H and O–H groups in total. The first-order chi connectivity index (χ1) is 21.2. The van der Waals surface area contributed by atoms with E-state index >= 15 is 0 Å². The number of hydrogen-bond donors (Lipinski definition) is 1. The Hall–Kier alpha value is -5.09. The number of fused-ring (bicyclic) bond motifs is 2. The van der Waals surface area contributed by atoms with E-state index in [0.29, 0.717) is 45.5 Å². The molecule has 0 spiro atoms. The molecule has 0 fully saturated rings. The average Bonchev–Trinajstić information content (AvgIpc) is 3.70. The lowest BCUT2D eigenvalue weighted by Crippen LogP contribution is -2.31. The molecule has 224 valence electrons. The van der Waals surface area contributed by atoms with Gasteiger partial charge in [0.05, 0.1) is 35.5 Å². The summed E-state index contributed by atoms with van der Waals surface area (Å²) in [7, 11) is 1.51. The molecule has 1 aliphatic heterocycles. The zero-order chi connectivity index (χ0) is 31.1. The SMILES string of the molecule is C=CCOc1ccc(C2C(C(=O)c3cc4cccc(OC)c4o3)=C(O)C(=O)N2c2nc3c(C)cc(C)cc3s2)cc1OCC. The van der Waals surface area contributed by atoms with Crippen molar-refractivity contribution in [3.63, 3.8) is 0 Å². The Morgan fingerprint density at radius 3 is 2.68 bits per heavy atom. The van der Waals surface area contributed by atoms with Crippen molar-refractivity contribution in [1.82, 2.24) is 4.98 Å². The van der Waals surface area contributed by atoms with E-state index in [1.165, 1.54) is 23.3 Å². The second kappa shape index (κ2) is 11.5. The van der Waals surface area contributed by atoms with Crippen LogP contribution in [0.1, 0.15) is 40.2 Å². The molecular weight excluding hydrogens is 580 g/mol. The van der Waals surface area contributed by atoms with E-state index in [-0.39, 0.29) is 17.9 Å². The molecule has 0 bridgehead atoms. The van der Waals surface area contributed by atoms with Gasteiger partial charge in [0, 0.05) is 5.39 Å². The summed E-state index contributed by atoms with van der Waals surface area (Å²) in [6.07, 6.45) is 1.62. The molecular formula is C34H30N2O7S. The number of furan rings is 1. The molecule has 5 aromatic rings. The van der Waals surface area contributed by atoms with Crippen molar-refractivity contribution in [2.45, 2.75) is 26.8 Å². The summed E-state index contributed by atoms with van der Waals surface area (Å²) in [6.45, 7) is 10.1. The maximum Gasteiger partial charge on any atom is 0.296 e. The highest BCUT2D eigenvalue weighted by atomic mass is 32.1. The highest BCUT2D eigenvalue weighted by Gasteiger charge is 2.47. The molecule has 9 nitrogen and oxygen atoms in total. The minimum Gasteiger partial charge on any atom is -0.503 e. The van der Waals surface area contributed by atoms with Gasteiger partial charge in [-0.3, -0.25) is 14.5 Å². The van der Waals surface area contributed by atoms with Gasteiger partial charge in [0.2, 0.25) is 5.78 Å². The number of aryl methyl sites for hydroxylation is 2. The van der Waals surface area contributed by atoms with Crippen LogP contribution in [0.4, 0.5) is 5.13 Å². The number of aliphatic hydroxyl groups is 1. The molecule has 0 aliphatic carbocycles. The molecule has 3 heterocycles. The molecule has 1 aliphatic rings. The fraction of sp³-hybridized carbons (Fsp3) is 0.206. The zero-order valence-electron chi connectivity index (χ0n) is 24.7. The number of amides is 1. The Bertz CT molecular complexity index is 1990. The number of aromatic nitrogens is 1. The van der Waals surface area contributed by atoms with Gasteiger partial charge in [-0.1, -0.05) is 48.3 Å². The predicted octanol–water partition coefficient (Wildman–Crippen LogP) is 7.41. The minimum absolute atomic E-state index is 0.0440. The van der Waals surface area contributed by atoms with E-state index < -0.39 is 23.5 Å². The van der Waals surface area contributed by atoms with Crippen molar-refractivity contribution in [2.75, 3.05) is 25.2 Å². The smallest absolute Gasteiger partial charge is 0.296 e. The van der Waals surface area contributed by atoms with Crippen LogP contribution >= 0.6 is 11.3 Å². The van der Waals surface area contributed by atoms with Crippen LogP contribution in [0.15, 0.2) is 83.0 Å². The topological polar surface area (TPSA) is 111 Å². The number of aliphatic hydroxyl groups excluding tert-OH is 1. The van der Waals surface area contributed by atoms with Gasteiger partial charge in [-0.15, -0.1) is 0 Å². The molecule has 10 heteroatoms. The van der Waals surface area contributed by atoms with Crippen LogP contribution in [0.25, 0.3) is 21.2 Å². The summed E-state index contributed by atoms with van der Waals surface area (Å²) in [6, 6.07) is 15.0. The van der Waals surface area contributed by atoms with Crippen molar-refractivity contribution >= 4 is 49.3 Å². The Labute approximate surface area is 257 Å². The van der Waals surface area contributed by atoms with Gasteiger partial charge in [-0.2, -0.15) is 0 Å². The Morgan fingerprint density at radius 1 is 1.11 bits per heavy atom. The van der Waals surface area contributed by atoms with Crippen LogP contribution in [0.5, 0.6) is 17.2 Å². The van der Waals surface area contributed by atoms with Crippen molar-refractivity contribution in [3.8, 4) is 17.2 Å². The van der Waals surface area contributed by atoms with Crippen LogP contribution in [0.3, 0.4) is 0 Å². The first-order valence-electron chi connectivity index (χ1n) is 14.0. The van der Waals surface area contributed by atoms with Crippen LogP contribution in [-0.4, -0.2) is 42.1 Å². The highest BCUT2D eigenvalue weighted by molar-refractivity contribution is 7.22. The zero-order valence-corrected chi connectivity index (χ0v) is 25.5. The summed E-state index contributed by atoms with van der Waals surface area (Å²) < 4.78 is 23.9. The van der Waals surface area contributed by atoms with E-state index in [1.54, 1.807) is 48.5 Å². The number of Topliss-reactive ketones (excluding diaryl/α,β-unsaturated/α-hetero) is 1. The fourth-order valence-electron chi connectivity index (χ4n) is 5.48. The number of ether oxygens (including phenoxy) is 3. The molecule has 0 radical (unpaired) electrons. The van der Waals surface area contributed by atoms with Crippen molar-refractivity contribution in [3.05, 3.63) is 101 Å². The number of hydrogen-bond acceptors (Lipinski definition) is 9. The second-order valence-corrected chi connectivity index (χ2v) is 11.3. The maximum absolute atomic E-state index is 14.2. The van der Waals surface area contributed by atoms with Crippen molar-refractivity contribution in [1.29, 1.82) is 0 Å². The molecule has 1 atom stereocenters. The van der Waals surface area contributed by atoms with Crippen LogP contribution < -0.4 is 19.1 Å². The fourth-order valence-corrected chi connectivity index (χ4v) is 6.65. The molecule has 0 saturated carbocycles. The number of ketones is 1. The molecule has 6 rings (SSSR count). The van der Waals surface area contributed by atoms with E-state index in [9.17, 15) is 14.7 Å². The monoisotopic (exact) mass is 610 g/mol. The summed E-state index contributed by atoms with van der Waals surface area (Å²) in [5.41, 5.74) is 3.52. The van der Waals surface area contributed by atoms with Gasteiger partial charge in [-0.05, 0) is 67.8 Å². The van der Waals surface area contributed by atoms with E-state index in [4.69, 9.17) is 23.6 Å². The molecule has 2 aromatic heterocycles. The number of carbonyl (C=O) groups excluding carboxylic acids is 2. The lowest BCUT2D eigenvalue weighted by Gasteiger charge is -2.25. The summed E-state index contributed by atoms with van der Waals surface area (Å²) in [5, 5.41) is 12.3. The van der Waals surface area contributed by atoms with Gasteiger partial charge < -0.3 is 23.7 Å². The normalized spacial score (nSPS) is 15.0. The number of thiazole rings is 1. The number of anilines is 1. The third-order valence-electron chi connectivity index (χ3n) is 7.37. The molecule has 44 heavy (non-hydrogen) atoms. The number of para-hydroxylation sites is 1. The maximum atomic E-state index is 14.2. The number of carbonyl (C=O) groups is 2. The van der Waals surface area contributed by atoms with Gasteiger partial charge >= 0.3 is 0 Å². The summed E-state index contributed by atoms with van der Waals surface area (Å²) in [4.78, 5) is 34.2. The molecule has 1 amide bonds. The Balaban J connectivity index is 1.53. The van der Waals surface area contributed by atoms with Crippen LogP contribution in [0, 0.1) is 13.8 Å². The largest absolute Gasteiger partial charge is 0.503 e. The number of nitrogens with zero attached hydrogens (tertiary/aromatic N) is 2. The van der Waals surface area contributed by atoms with E-state index in [1.807, 2.05) is 32.9 Å². The van der Waals surface area contributed by atoms with Crippen LogP contribution in [-0.2, 0) is 4.79 Å². The summed E-state index contributed by atoms with van der Waals surface area (Å²) >= 11 is 1.31. The minimum atomic E-state index is -1.04. The quantitative estimate of drug-likeness (QED) is 0.129. The van der Waals surface area contributed by atoms with Crippen LogP contribution in [0.2, 0.25) is 0 Å². The predicted molar refractivity (Wildman–Crippen MR) is 169 cm³/mol. The molecule has 0 saturated heterocycles. The first kappa shape index (κ1) is 29.0. The molecule has 3 aromatic carbocycles. The lowest BCUT2D eigenvalue weighted by atomic mass is 9.95. The average molecular weight is 611 g/mol. The van der Waals surface area contributed by atoms with Crippen molar-refractivity contribution in [2.24, 2.45) is 0 Å². The number of benzene rings is 3. The molecule has 1 unspecified atom stereocenters. The third-order valence-corrected chi connectivity index (χ3v) is 8.37. The van der Waals surface area contributed by atoms with Gasteiger partial charge in [0.1, 0.15) is 6.61 Å². The standard InChI is InChI=1S/C34H30N2O7S/c1-6-13-42-22-12-11-20(16-24(22)41-7-2)29-27(30(37)25-17-21-9-8-10-23(40-5)32(21)43-25)31(38)33(39)36(29)34-35-28-19(4)14-18(3)15-26(28)44-34/h6,8-12,14-17,29,38H,1,7,13H2,2-5H3. The van der Waals surface area contributed by atoms with Gasteiger partial charge in [0.15, 0.2) is 39.5 Å². The lowest BCUT2D eigenvalue weighted by molar-refractivity contribution is -0.117. The van der Waals surface area contributed by atoms with Gasteiger partial charge in [0.25, 0.3) is 5.91 Å².